The third-order valence-electron chi connectivity index (χ3n) is 5.80. The highest BCUT2D eigenvalue weighted by Crippen LogP contribution is 2.32. The Balaban J connectivity index is 1.67. The van der Waals surface area contributed by atoms with E-state index in [0.29, 0.717) is 17.7 Å². The number of carbonyl (C=O) groups excluding carboxylic acids is 2. The molecule has 8 nitrogen and oxygen atoms in total. The van der Waals surface area contributed by atoms with Crippen LogP contribution in [0.1, 0.15) is 61.5 Å². The van der Waals surface area contributed by atoms with E-state index in [2.05, 4.69) is 39.1 Å². The minimum atomic E-state index is -4.70. The zero-order valence-electron chi connectivity index (χ0n) is 20.8. The normalized spacial score (nSPS) is 13.0. The van der Waals surface area contributed by atoms with Crippen LogP contribution in [0.2, 0.25) is 0 Å². The van der Waals surface area contributed by atoms with Crippen molar-refractivity contribution in [3.8, 4) is 11.4 Å². The number of aromatic nitrogens is 2. The Kier molecular flexibility index (Phi) is 9.26. The van der Waals surface area contributed by atoms with Crippen molar-refractivity contribution in [1.29, 1.82) is 0 Å². The SMILES string of the molecule is CCOC(=O)CCNC(=O)c1ccc(NC(c2ccc(-c3noc(C(F)(F)F)n3)cc2)C(C)CC)cc1. The van der Waals surface area contributed by atoms with Gasteiger partial charge in [-0.2, -0.15) is 18.2 Å². The van der Waals surface area contributed by atoms with Gasteiger partial charge in [-0.25, -0.2) is 0 Å². The predicted molar refractivity (Wildman–Crippen MR) is 131 cm³/mol. The summed E-state index contributed by atoms with van der Waals surface area (Å²) in [6, 6.07) is 13.8. The number of hydrogen-bond donors (Lipinski definition) is 2. The molecule has 0 aliphatic rings. The average Bonchev–Trinajstić information content (AvgIpc) is 3.39. The van der Waals surface area contributed by atoms with E-state index in [-0.39, 0.29) is 42.6 Å². The molecule has 2 unspecified atom stereocenters. The second-order valence-corrected chi connectivity index (χ2v) is 8.44. The maximum absolute atomic E-state index is 12.8. The number of esters is 1. The van der Waals surface area contributed by atoms with E-state index in [9.17, 15) is 22.8 Å². The summed E-state index contributed by atoms with van der Waals surface area (Å²) >= 11 is 0. The Hall–Kier alpha value is -3.89. The van der Waals surface area contributed by atoms with Crippen molar-refractivity contribution >= 4 is 17.6 Å². The number of rotatable bonds is 11. The van der Waals surface area contributed by atoms with Gasteiger partial charge in [0, 0.05) is 23.4 Å². The standard InChI is InChI=1S/C26H29F3N4O4/c1-4-16(3)22(17-6-8-18(9-7-17)23-32-25(37-33-23)26(27,28)29)31-20-12-10-19(11-13-20)24(35)30-15-14-21(34)36-5-2/h6-13,16,22,31H,4-5,14-15H2,1-3H3,(H,30,35). The monoisotopic (exact) mass is 518 g/mol. The summed E-state index contributed by atoms with van der Waals surface area (Å²) in [5, 5.41) is 9.59. The maximum Gasteiger partial charge on any atom is 0.471 e. The van der Waals surface area contributed by atoms with Gasteiger partial charge in [-0.15, -0.1) is 0 Å². The first-order valence-electron chi connectivity index (χ1n) is 11.9. The van der Waals surface area contributed by atoms with E-state index < -0.39 is 12.1 Å². The van der Waals surface area contributed by atoms with Crippen molar-refractivity contribution in [3.05, 3.63) is 65.5 Å². The number of amides is 1. The molecular weight excluding hydrogens is 489 g/mol. The van der Waals surface area contributed by atoms with E-state index in [0.717, 1.165) is 17.7 Å². The summed E-state index contributed by atoms with van der Waals surface area (Å²) in [5.41, 5.74) is 2.59. The fourth-order valence-corrected chi connectivity index (χ4v) is 3.60. The van der Waals surface area contributed by atoms with Gasteiger partial charge in [0.15, 0.2) is 0 Å². The van der Waals surface area contributed by atoms with Crippen LogP contribution in [0.25, 0.3) is 11.4 Å². The molecule has 2 atom stereocenters. The van der Waals surface area contributed by atoms with Gasteiger partial charge in [-0.05, 0) is 42.7 Å². The number of nitrogens with zero attached hydrogens (tertiary/aromatic N) is 2. The van der Waals surface area contributed by atoms with Crippen molar-refractivity contribution in [3.63, 3.8) is 0 Å². The molecule has 0 fully saturated rings. The van der Waals surface area contributed by atoms with Crippen LogP contribution in [0.4, 0.5) is 18.9 Å². The van der Waals surface area contributed by atoms with Crippen molar-refractivity contribution in [2.24, 2.45) is 5.92 Å². The highest BCUT2D eigenvalue weighted by atomic mass is 19.4. The lowest BCUT2D eigenvalue weighted by atomic mass is 9.91. The highest BCUT2D eigenvalue weighted by Gasteiger charge is 2.38. The van der Waals surface area contributed by atoms with Gasteiger partial charge in [0.2, 0.25) is 5.82 Å². The third-order valence-corrected chi connectivity index (χ3v) is 5.80. The van der Waals surface area contributed by atoms with Gasteiger partial charge in [-0.1, -0.05) is 49.7 Å². The van der Waals surface area contributed by atoms with Gasteiger partial charge in [0.25, 0.3) is 5.91 Å². The topological polar surface area (TPSA) is 106 Å². The van der Waals surface area contributed by atoms with Crippen molar-refractivity contribution in [2.45, 2.75) is 45.8 Å². The first-order valence-corrected chi connectivity index (χ1v) is 11.9. The van der Waals surface area contributed by atoms with Crippen LogP contribution < -0.4 is 10.6 Å². The predicted octanol–water partition coefficient (Wildman–Crippen LogP) is 5.64. The lowest BCUT2D eigenvalue weighted by molar-refractivity contribution is -0.159. The van der Waals surface area contributed by atoms with Gasteiger partial charge in [0.1, 0.15) is 0 Å². The minimum absolute atomic E-state index is 0.0979. The minimum Gasteiger partial charge on any atom is -0.466 e. The molecule has 0 spiro atoms. The molecule has 0 saturated carbocycles. The summed E-state index contributed by atoms with van der Waals surface area (Å²) in [7, 11) is 0. The quantitative estimate of drug-likeness (QED) is 0.317. The molecular formula is C26H29F3N4O4. The molecule has 0 radical (unpaired) electrons. The zero-order chi connectivity index (χ0) is 27.0. The number of halogens is 3. The van der Waals surface area contributed by atoms with E-state index in [1.807, 2.05) is 12.1 Å². The molecule has 0 aliphatic heterocycles. The summed E-state index contributed by atoms with van der Waals surface area (Å²) in [5.74, 6) is -1.96. The van der Waals surface area contributed by atoms with E-state index >= 15 is 0 Å². The Morgan fingerprint density at radius 3 is 2.30 bits per heavy atom. The molecule has 0 bridgehead atoms. The first-order chi connectivity index (χ1) is 17.6. The molecule has 37 heavy (non-hydrogen) atoms. The van der Waals surface area contributed by atoms with Crippen LogP contribution >= 0.6 is 0 Å². The van der Waals surface area contributed by atoms with Crippen LogP contribution in [0.3, 0.4) is 0 Å². The lowest BCUT2D eigenvalue weighted by Gasteiger charge is -2.26. The van der Waals surface area contributed by atoms with Crippen molar-refractivity contribution in [1.82, 2.24) is 15.5 Å². The van der Waals surface area contributed by atoms with Crippen LogP contribution in [-0.2, 0) is 15.7 Å². The molecule has 2 N–H and O–H groups in total. The molecule has 1 amide bonds. The maximum atomic E-state index is 12.8. The summed E-state index contributed by atoms with van der Waals surface area (Å²) in [6.45, 7) is 6.36. The number of anilines is 1. The molecule has 0 aliphatic carbocycles. The smallest absolute Gasteiger partial charge is 0.466 e. The van der Waals surface area contributed by atoms with E-state index in [4.69, 9.17) is 4.74 Å². The van der Waals surface area contributed by atoms with Gasteiger partial charge in [0.05, 0.1) is 19.1 Å². The molecule has 2 aromatic carbocycles. The number of ether oxygens (including phenoxy) is 1. The first kappa shape index (κ1) is 27.7. The largest absolute Gasteiger partial charge is 0.471 e. The Morgan fingerprint density at radius 1 is 1.05 bits per heavy atom. The Bertz CT molecular complexity index is 1180. The molecule has 1 aromatic heterocycles. The zero-order valence-corrected chi connectivity index (χ0v) is 20.8. The Morgan fingerprint density at radius 2 is 1.73 bits per heavy atom. The molecule has 0 saturated heterocycles. The fourth-order valence-electron chi connectivity index (χ4n) is 3.60. The Labute approximate surface area is 212 Å². The number of benzene rings is 2. The van der Waals surface area contributed by atoms with E-state index in [1.54, 1.807) is 43.3 Å². The summed E-state index contributed by atoms with van der Waals surface area (Å²) < 4.78 is 47.4. The van der Waals surface area contributed by atoms with E-state index in [1.165, 1.54) is 0 Å². The van der Waals surface area contributed by atoms with Gasteiger partial charge in [-0.3, -0.25) is 9.59 Å². The second-order valence-electron chi connectivity index (χ2n) is 8.44. The van der Waals surface area contributed by atoms with Crippen molar-refractivity contribution < 1.29 is 32.0 Å². The molecule has 11 heteroatoms. The van der Waals surface area contributed by atoms with Gasteiger partial charge >= 0.3 is 18.0 Å². The van der Waals surface area contributed by atoms with Crippen LogP contribution in [-0.4, -0.2) is 35.2 Å². The van der Waals surface area contributed by atoms with Crippen LogP contribution in [0, 0.1) is 5.92 Å². The molecule has 198 valence electrons. The van der Waals surface area contributed by atoms with Crippen molar-refractivity contribution in [2.75, 3.05) is 18.5 Å². The summed E-state index contributed by atoms with van der Waals surface area (Å²) in [4.78, 5) is 27.2. The third kappa shape index (κ3) is 7.55. The van der Waals surface area contributed by atoms with Crippen LogP contribution in [0.5, 0.6) is 0 Å². The second kappa shape index (κ2) is 12.4. The molecule has 3 aromatic rings. The average molecular weight is 519 g/mol. The fraction of sp³-hybridized carbons (Fsp3) is 0.385. The summed E-state index contributed by atoms with van der Waals surface area (Å²) in [6.07, 6.45) is -3.72. The molecule has 1 heterocycles. The number of hydrogen-bond acceptors (Lipinski definition) is 7. The number of alkyl halides is 3. The van der Waals surface area contributed by atoms with Gasteiger partial charge < -0.3 is 19.9 Å². The number of carbonyl (C=O) groups is 2. The lowest BCUT2D eigenvalue weighted by Crippen LogP contribution is -2.26. The molecule has 3 rings (SSSR count). The van der Waals surface area contributed by atoms with Crippen LogP contribution in [0.15, 0.2) is 53.1 Å². The highest BCUT2D eigenvalue weighted by molar-refractivity contribution is 5.94. The number of nitrogens with one attached hydrogen (secondary N) is 2.